The van der Waals surface area contributed by atoms with E-state index in [1.807, 2.05) is 30.6 Å². The van der Waals surface area contributed by atoms with Gasteiger partial charge in [-0.3, -0.25) is 4.79 Å². The maximum Gasteiger partial charge on any atom is 0.410 e. The third-order valence-corrected chi connectivity index (χ3v) is 4.39. The minimum absolute atomic E-state index is 0.0228. The zero-order valence-corrected chi connectivity index (χ0v) is 14.9. The number of rotatable bonds is 4. The van der Waals surface area contributed by atoms with Gasteiger partial charge in [-0.05, 0) is 59.3 Å². The van der Waals surface area contributed by atoms with Crippen molar-refractivity contribution < 1.29 is 14.3 Å². The summed E-state index contributed by atoms with van der Waals surface area (Å²) in [4.78, 5) is 28.1. The van der Waals surface area contributed by atoms with E-state index in [1.165, 1.54) is 0 Å². The predicted molar refractivity (Wildman–Crippen MR) is 88.9 cm³/mol. The molecule has 2 aliphatic rings. The van der Waals surface area contributed by atoms with Crippen molar-refractivity contribution in [1.29, 1.82) is 0 Å². The number of nitrogens with two attached hydrogens (primary N) is 1. The van der Waals surface area contributed by atoms with E-state index < -0.39 is 11.6 Å². The Labute approximate surface area is 139 Å². The van der Waals surface area contributed by atoms with Crippen molar-refractivity contribution >= 4 is 12.0 Å². The fourth-order valence-electron chi connectivity index (χ4n) is 2.98. The molecule has 6 heteroatoms. The van der Waals surface area contributed by atoms with Crippen LogP contribution in [0.15, 0.2) is 0 Å². The van der Waals surface area contributed by atoms with E-state index in [0.29, 0.717) is 12.0 Å². The molecule has 1 atom stereocenters. The summed E-state index contributed by atoms with van der Waals surface area (Å²) in [5, 5.41) is 0. The van der Waals surface area contributed by atoms with E-state index in [2.05, 4.69) is 0 Å². The first-order valence-electron chi connectivity index (χ1n) is 8.71. The molecule has 2 fully saturated rings. The number of hydrogen-bond donors (Lipinski definition) is 1. The molecule has 23 heavy (non-hydrogen) atoms. The number of carbonyl (C=O) groups is 2. The molecule has 0 bridgehead atoms. The van der Waals surface area contributed by atoms with Crippen molar-refractivity contribution in [2.45, 2.75) is 71.1 Å². The molecule has 1 saturated carbocycles. The Balaban J connectivity index is 1.85. The maximum atomic E-state index is 12.4. The summed E-state index contributed by atoms with van der Waals surface area (Å²) in [5.74, 6) is 0.454. The topological polar surface area (TPSA) is 75.9 Å². The standard InChI is InChI=1S/C17H31N3O3/c1-12(18)15(21)19-9-7-13(8-10-19)11-20(14-5-6-14)16(22)23-17(2,3)4/h12-14H,5-11,18H2,1-4H3/t12-/m0/s1. The minimum atomic E-state index is -0.461. The Morgan fingerprint density at radius 3 is 2.22 bits per heavy atom. The van der Waals surface area contributed by atoms with Gasteiger partial charge in [0.1, 0.15) is 5.60 Å². The minimum Gasteiger partial charge on any atom is -0.444 e. The van der Waals surface area contributed by atoms with E-state index in [4.69, 9.17) is 10.5 Å². The molecule has 132 valence electrons. The summed E-state index contributed by atoms with van der Waals surface area (Å²) in [6.07, 6.45) is 3.78. The first-order chi connectivity index (χ1) is 10.7. The molecule has 0 aromatic rings. The molecule has 6 nitrogen and oxygen atoms in total. The third kappa shape index (κ3) is 5.37. The normalized spacial score (nSPS) is 21.0. The second kappa shape index (κ2) is 7.07. The molecule has 0 radical (unpaired) electrons. The molecule has 0 spiro atoms. The van der Waals surface area contributed by atoms with Gasteiger partial charge in [0.2, 0.25) is 5.91 Å². The first kappa shape index (κ1) is 18.0. The zero-order valence-electron chi connectivity index (χ0n) is 14.9. The van der Waals surface area contributed by atoms with Gasteiger partial charge in [-0.15, -0.1) is 0 Å². The summed E-state index contributed by atoms with van der Waals surface area (Å²) in [6, 6.07) is -0.0927. The van der Waals surface area contributed by atoms with E-state index in [1.54, 1.807) is 6.92 Å². The average Bonchev–Trinajstić information content (AvgIpc) is 3.27. The Kier molecular flexibility index (Phi) is 5.55. The van der Waals surface area contributed by atoms with Gasteiger partial charge >= 0.3 is 6.09 Å². The number of nitrogens with zero attached hydrogens (tertiary/aromatic N) is 2. The van der Waals surface area contributed by atoms with Gasteiger partial charge in [0.05, 0.1) is 6.04 Å². The van der Waals surface area contributed by atoms with E-state index in [-0.39, 0.29) is 12.0 Å². The monoisotopic (exact) mass is 325 g/mol. The van der Waals surface area contributed by atoms with E-state index in [0.717, 1.165) is 45.3 Å². The summed E-state index contributed by atoms with van der Waals surface area (Å²) in [6.45, 7) is 9.62. The fourth-order valence-corrected chi connectivity index (χ4v) is 2.98. The van der Waals surface area contributed by atoms with Crippen LogP contribution >= 0.6 is 0 Å². The molecule has 2 amide bonds. The van der Waals surface area contributed by atoms with Crippen LogP contribution in [0.5, 0.6) is 0 Å². The molecule has 0 aromatic heterocycles. The molecule has 0 unspecified atom stereocenters. The molecule has 1 aliphatic carbocycles. The summed E-state index contributed by atoms with van der Waals surface area (Å²) in [5.41, 5.74) is 5.21. The van der Waals surface area contributed by atoms with Crippen molar-refractivity contribution in [3.8, 4) is 0 Å². The maximum absolute atomic E-state index is 12.4. The molecule has 1 aliphatic heterocycles. The highest BCUT2D eigenvalue weighted by Crippen LogP contribution is 2.31. The smallest absolute Gasteiger partial charge is 0.410 e. The molecule has 0 aromatic carbocycles. The Morgan fingerprint density at radius 2 is 1.78 bits per heavy atom. The highest BCUT2D eigenvalue weighted by atomic mass is 16.6. The number of amides is 2. The summed E-state index contributed by atoms with van der Waals surface area (Å²) < 4.78 is 5.54. The van der Waals surface area contributed by atoms with Crippen LogP contribution in [0.3, 0.4) is 0 Å². The van der Waals surface area contributed by atoms with Crippen LogP contribution in [0.2, 0.25) is 0 Å². The van der Waals surface area contributed by atoms with Crippen LogP contribution in [-0.4, -0.2) is 59.1 Å². The largest absolute Gasteiger partial charge is 0.444 e. The van der Waals surface area contributed by atoms with E-state index >= 15 is 0 Å². The van der Waals surface area contributed by atoms with Crippen molar-refractivity contribution in [1.82, 2.24) is 9.80 Å². The lowest BCUT2D eigenvalue weighted by Crippen LogP contribution is -2.48. The van der Waals surface area contributed by atoms with Gasteiger partial charge < -0.3 is 20.3 Å². The van der Waals surface area contributed by atoms with Crippen molar-refractivity contribution in [3.05, 3.63) is 0 Å². The third-order valence-electron chi connectivity index (χ3n) is 4.39. The lowest BCUT2D eigenvalue weighted by molar-refractivity contribution is -0.133. The Hall–Kier alpha value is -1.30. The molecule has 2 rings (SSSR count). The highest BCUT2D eigenvalue weighted by Gasteiger charge is 2.37. The Bertz CT molecular complexity index is 433. The SMILES string of the molecule is C[C@H](N)C(=O)N1CCC(CN(C(=O)OC(C)(C)C)C2CC2)CC1. The van der Waals surface area contributed by atoms with Crippen LogP contribution in [-0.2, 0) is 9.53 Å². The fraction of sp³-hybridized carbons (Fsp3) is 0.882. The quantitative estimate of drug-likeness (QED) is 0.857. The summed E-state index contributed by atoms with van der Waals surface area (Å²) in [7, 11) is 0. The Morgan fingerprint density at radius 1 is 1.22 bits per heavy atom. The number of ether oxygens (including phenoxy) is 1. The number of hydrogen-bond acceptors (Lipinski definition) is 4. The van der Waals surface area contributed by atoms with Gasteiger partial charge in [0.25, 0.3) is 0 Å². The van der Waals surface area contributed by atoms with Crippen LogP contribution < -0.4 is 5.73 Å². The average molecular weight is 325 g/mol. The highest BCUT2D eigenvalue weighted by molar-refractivity contribution is 5.81. The van der Waals surface area contributed by atoms with Crippen LogP contribution in [0, 0.1) is 5.92 Å². The number of likely N-dealkylation sites (tertiary alicyclic amines) is 1. The van der Waals surface area contributed by atoms with Gasteiger partial charge in [0, 0.05) is 25.7 Å². The molecule has 1 heterocycles. The van der Waals surface area contributed by atoms with Gasteiger partial charge in [-0.2, -0.15) is 0 Å². The second-order valence-corrected chi connectivity index (χ2v) is 7.92. The lowest BCUT2D eigenvalue weighted by Gasteiger charge is -2.36. The second-order valence-electron chi connectivity index (χ2n) is 7.92. The molecule has 2 N–H and O–H groups in total. The van der Waals surface area contributed by atoms with Crippen molar-refractivity contribution in [3.63, 3.8) is 0 Å². The van der Waals surface area contributed by atoms with Gasteiger partial charge in [-0.25, -0.2) is 4.79 Å². The molecule has 1 saturated heterocycles. The predicted octanol–water partition coefficient (Wildman–Crippen LogP) is 1.97. The van der Waals surface area contributed by atoms with E-state index in [9.17, 15) is 9.59 Å². The van der Waals surface area contributed by atoms with Crippen LogP contribution in [0.1, 0.15) is 53.4 Å². The summed E-state index contributed by atoms with van der Waals surface area (Å²) >= 11 is 0. The first-order valence-corrected chi connectivity index (χ1v) is 8.71. The van der Waals surface area contributed by atoms with Gasteiger partial charge in [-0.1, -0.05) is 0 Å². The lowest BCUT2D eigenvalue weighted by atomic mass is 9.95. The van der Waals surface area contributed by atoms with Crippen molar-refractivity contribution in [2.24, 2.45) is 11.7 Å². The van der Waals surface area contributed by atoms with Crippen molar-refractivity contribution in [2.75, 3.05) is 19.6 Å². The number of piperidine rings is 1. The van der Waals surface area contributed by atoms with Crippen LogP contribution in [0.25, 0.3) is 0 Å². The zero-order chi connectivity index (χ0) is 17.2. The molecular weight excluding hydrogens is 294 g/mol. The molecular formula is C17H31N3O3. The van der Waals surface area contributed by atoms with Crippen LogP contribution in [0.4, 0.5) is 4.79 Å². The number of carbonyl (C=O) groups excluding carboxylic acids is 2. The van der Waals surface area contributed by atoms with Gasteiger partial charge in [0.15, 0.2) is 0 Å².